The first-order chi connectivity index (χ1) is 13.7. The van der Waals surface area contributed by atoms with E-state index in [1.54, 1.807) is 0 Å². The van der Waals surface area contributed by atoms with Gasteiger partial charge < -0.3 is 4.74 Å². The van der Waals surface area contributed by atoms with Gasteiger partial charge in [-0.1, -0.05) is 60.7 Å². The van der Waals surface area contributed by atoms with Crippen LogP contribution in [0.25, 0.3) is 22.2 Å². The average molecular weight is 388 g/mol. The topological polar surface area (TPSA) is 52.1 Å². The van der Waals surface area contributed by atoms with Gasteiger partial charge in [-0.25, -0.2) is 0 Å². The molecule has 0 aliphatic carbocycles. The number of esters is 1. The molecule has 3 aromatic carbocycles. The Hall–Kier alpha value is -3.05. The summed E-state index contributed by atoms with van der Waals surface area (Å²) >= 11 is 1.18. The van der Waals surface area contributed by atoms with Crippen LogP contribution in [0.1, 0.15) is 24.0 Å². The van der Waals surface area contributed by atoms with Crippen molar-refractivity contribution in [3.63, 3.8) is 0 Å². The summed E-state index contributed by atoms with van der Waals surface area (Å²) in [4.78, 5) is 12.7. The van der Waals surface area contributed by atoms with Crippen LogP contribution in [-0.4, -0.2) is 21.3 Å². The van der Waals surface area contributed by atoms with E-state index in [-0.39, 0.29) is 11.9 Å². The third-order valence-corrected chi connectivity index (χ3v) is 5.28. The SMILES string of the molecule is CCOC(=O)C(Cc1cccc(-c2ccccc2)c1)c1ccc2nsnc2c1. The lowest BCUT2D eigenvalue weighted by molar-refractivity contribution is -0.144. The number of benzene rings is 3. The van der Waals surface area contributed by atoms with Crippen molar-refractivity contribution in [3.05, 3.63) is 83.9 Å². The van der Waals surface area contributed by atoms with Gasteiger partial charge in [0.25, 0.3) is 0 Å². The largest absolute Gasteiger partial charge is 0.466 e. The zero-order chi connectivity index (χ0) is 19.3. The normalized spacial score (nSPS) is 12.0. The Balaban J connectivity index is 1.67. The quantitative estimate of drug-likeness (QED) is 0.424. The molecule has 0 aliphatic rings. The van der Waals surface area contributed by atoms with Crippen molar-refractivity contribution < 1.29 is 9.53 Å². The molecule has 0 spiro atoms. The standard InChI is InChI=1S/C23H20N2O2S/c1-2-27-23(26)20(19-11-12-21-22(15-19)25-28-24-21)14-16-7-6-10-18(13-16)17-8-4-3-5-9-17/h3-13,15,20H,2,14H2,1H3. The highest BCUT2D eigenvalue weighted by molar-refractivity contribution is 7.00. The van der Waals surface area contributed by atoms with E-state index in [9.17, 15) is 4.79 Å². The van der Waals surface area contributed by atoms with Gasteiger partial charge in [-0.05, 0) is 47.7 Å². The summed E-state index contributed by atoms with van der Waals surface area (Å²) in [5.41, 5.74) is 5.96. The highest BCUT2D eigenvalue weighted by atomic mass is 32.1. The number of ether oxygens (including phenoxy) is 1. The second-order valence-electron chi connectivity index (χ2n) is 6.59. The van der Waals surface area contributed by atoms with Crippen LogP contribution in [0.4, 0.5) is 0 Å². The minimum Gasteiger partial charge on any atom is -0.466 e. The highest BCUT2D eigenvalue weighted by Crippen LogP contribution is 2.28. The third kappa shape index (κ3) is 3.94. The van der Waals surface area contributed by atoms with Gasteiger partial charge in [0.2, 0.25) is 0 Å². The van der Waals surface area contributed by atoms with E-state index in [2.05, 4.69) is 39.1 Å². The van der Waals surface area contributed by atoms with Crippen LogP contribution in [0.3, 0.4) is 0 Å². The molecule has 5 heteroatoms. The van der Waals surface area contributed by atoms with Gasteiger partial charge in [0.05, 0.1) is 24.3 Å². The Labute approximate surface area is 168 Å². The third-order valence-electron chi connectivity index (χ3n) is 4.73. The van der Waals surface area contributed by atoms with Crippen molar-refractivity contribution in [3.8, 4) is 11.1 Å². The summed E-state index contributed by atoms with van der Waals surface area (Å²) in [5.74, 6) is -0.591. The molecule has 1 heterocycles. The minimum absolute atomic E-state index is 0.213. The molecule has 0 aliphatic heterocycles. The van der Waals surface area contributed by atoms with E-state index >= 15 is 0 Å². The van der Waals surface area contributed by atoms with Gasteiger partial charge >= 0.3 is 5.97 Å². The zero-order valence-corrected chi connectivity index (χ0v) is 16.4. The van der Waals surface area contributed by atoms with Crippen LogP contribution in [0.15, 0.2) is 72.8 Å². The second-order valence-corrected chi connectivity index (χ2v) is 7.12. The second kappa shape index (κ2) is 8.31. The maximum Gasteiger partial charge on any atom is 0.313 e. The molecular weight excluding hydrogens is 368 g/mol. The van der Waals surface area contributed by atoms with Crippen LogP contribution in [0.2, 0.25) is 0 Å². The van der Waals surface area contributed by atoms with E-state index in [0.717, 1.165) is 33.3 Å². The number of carbonyl (C=O) groups excluding carboxylic acids is 1. The molecule has 0 fully saturated rings. The molecule has 140 valence electrons. The fourth-order valence-corrected chi connectivity index (χ4v) is 3.86. The van der Waals surface area contributed by atoms with Gasteiger partial charge in [-0.3, -0.25) is 4.79 Å². The molecule has 0 bridgehead atoms. The molecule has 0 amide bonds. The van der Waals surface area contributed by atoms with Crippen molar-refractivity contribution in [1.29, 1.82) is 0 Å². The van der Waals surface area contributed by atoms with Crippen molar-refractivity contribution >= 4 is 28.7 Å². The number of aromatic nitrogens is 2. The Morgan fingerprint density at radius 1 is 0.929 bits per heavy atom. The average Bonchev–Trinajstić information content (AvgIpc) is 3.21. The fourth-order valence-electron chi connectivity index (χ4n) is 3.34. The summed E-state index contributed by atoms with van der Waals surface area (Å²) in [7, 11) is 0. The van der Waals surface area contributed by atoms with Crippen LogP contribution < -0.4 is 0 Å². The molecular formula is C23H20N2O2S. The van der Waals surface area contributed by atoms with Gasteiger partial charge in [-0.15, -0.1) is 0 Å². The molecule has 1 aromatic heterocycles. The lowest BCUT2D eigenvalue weighted by Crippen LogP contribution is -2.18. The molecule has 0 N–H and O–H groups in total. The van der Waals surface area contributed by atoms with Crippen LogP contribution in [0, 0.1) is 0 Å². The first-order valence-electron chi connectivity index (χ1n) is 9.28. The van der Waals surface area contributed by atoms with Crippen LogP contribution in [-0.2, 0) is 16.0 Å². The molecule has 1 atom stereocenters. The van der Waals surface area contributed by atoms with Crippen LogP contribution >= 0.6 is 11.7 Å². The van der Waals surface area contributed by atoms with E-state index in [1.165, 1.54) is 11.7 Å². The Bertz CT molecular complexity index is 1090. The van der Waals surface area contributed by atoms with E-state index < -0.39 is 0 Å². The monoisotopic (exact) mass is 388 g/mol. The zero-order valence-electron chi connectivity index (χ0n) is 15.5. The van der Waals surface area contributed by atoms with E-state index in [4.69, 9.17) is 4.74 Å². The Kier molecular flexibility index (Phi) is 5.44. The number of nitrogens with zero attached hydrogens (tertiary/aromatic N) is 2. The molecule has 0 radical (unpaired) electrons. The number of carbonyl (C=O) groups is 1. The van der Waals surface area contributed by atoms with Gasteiger partial charge in [-0.2, -0.15) is 8.75 Å². The minimum atomic E-state index is -0.378. The summed E-state index contributed by atoms with van der Waals surface area (Å²) in [6.45, 7) is 2.19. The lowest BCUT2D eigenvalue weighted by Gasteiger charge is -2.17. The molecule has 0 saturated carbocycles. The maximum atomic E-state index is 12.7. The molecule has 4 aromatic rings. The summed E-state index contributed by atoms with van der Waals surface area (Å²) in [5, 5.41) is 0. The predicted octanol–water partition coefficient (Wildman–Crippen LogP) is 5.25. The number of rotatable bonds is 6. The van der Waals surface area contributed by atoms with Crippen molar-refractivity contribution in [1.82, 2.24) is 8.75 Å². The van der Waals surface area contributed by atoms with Crippen molar-refractivity contribution in [2.75, 3.05) is 6.61 Å². The Morgan fingerprint density at radius 3 is 2.54 bits per heavy atom. The highest BCUT2D eigenvalue weighted by Gasteiger charge is 2.23. The molecule has 1 unspecified atom stereocenters. The first kappa shape index (κ1) is 18.3. The van der Waals surface area contributed by atoms with E-state index in [0.29, 0.717) is 13.0 Å². The maximum absolute atomic E-state index is 12.7. The van der Waals surface area contributed by atoms with E-state index in [1.807, 2.05) is 49.4 Å². The lowest BCUT2D eigenvalue weighted by atomic mass is 9.90. The molecule has 4 nitrogen and oxygen atoms in total. The molecule has 28 heavy (non-hydrogen) atoms. The molecule has 4 rings (SSSR count). The number of fused-ring (bicyclic) bond motifs is 1. The van der Waals surface area contributed by atoms with Gasteiger partial charge in [0.1, 0.15) is 11.0 Å². The summed E-state index contributed by atoms with van der Waals surface area (Å²) in [6.07, 6.45) is 0.572. The molecule has 0 saturated heterocycles. The first-order valence-corrected chi connectivity index (χ1v) is 10.0. The van der Waals surface area contributed by atoms with Crippen LogP contribution in [0.5, 0.6) is 0 Å². The fraction of sp³-hybridized carbons (Fsp3) is 0.174. The van der Waals surface area contributed by atoms with Gasteiger partial charge in [0.15, 0.2) is 0 Å². The van der Waals surface area contributed by atoms with Crippen molar-refractivity contribution in [2.45, 2.75) is 19.3 Å². The van der Waals surface area contributed by atoms with Crippen molar-refractivity contribution in [2.24, 2.45) is 0 Å². The van der Waals surface area contributed by atoms with Gasteiger partial charge in [0, 0.05) is 0 Å². The predicted molar refractivity (Wildman–Crippen MR) is 112 cm³/mol. The summed E-state index contributed by atoms with van der Waals surface area (Å²) < 4.78 is 13.9. The number of hydrogen-bond acceptors (Lipinski definition) is 5. The Morgan fingerprint density at radius 2 is 1.71 bits per heavy atom. The smallest absolute Gasteiger partial charge is 0.313 e. The number of hydrogen-bond donors (Lipinski definition) is 0. The summed E-state index contributed by atoms with van der Waals surface area (Å²) in [6, 6.07) is 24.4.